The molecule has 0 atom stereocenters. The van der Waals surface area contributed by atoms with Crippen LogP contribution in [0.15, 0.2) is 183 Å². The van der Waals surface area contributed by atoms with E-state index in [9.17, 15) is 0 Å². The molecule has 0 spiro atoms. The van der Waals surface area contributed by atoms with Crippen molar-refractivity contribution in [2.45, 2.75) is 0 Å². The minimum atomic E-state index is 1.04. The zero-order valence-electron chi connectivity index (χ0n) is 27.9. The molecule has 51 heavy (non-hydrogen) atoms. The van der Waals surface area contributed by atoms with Crippen molar-refractivity contribution in [1.82, 2.24) is 8.97 Å². The number of rotatable bonds is 7. The van der Waals surface area contributed by atoms with Gasteiger partial charge in [0.15, 0.2) is 0 Å². The Morgan fingerprint density at radius 1 is 0.490 bits per heavy atom. The predicted octanol–water partition coefficient (Wildman–Crippen LogP) is 13.1. The second-order valence-corrected chi connectivity index (χ2v) is 13.1. The summed E-state index contributed by atoms with van der Waals surface area (Å²) in [5.74, 6) is 0. The zero-order chi connectivity index (χ0) is 33.9. The monoisotopic (exact) mass is 651 g/mol. The molecule has 7 aromatic carbocycles. The summed E-state index contributed by atoms with van der Waals surface area (Å²) < 4.78 is 4.68. The zero-order valence-corrected chi connectivity index (χ0v) is 27.9. The Morgan fingerprint density at radius 3 is 1.69 bits per heavy atom. The molecule has 0 saturated carbocycles. The van der Waals surface area contributed by atoms with Crippen molar-refractivity contribution in [3.8, 4) is 11.1 Å². The lowest BCUT2D eigenvalue weighted by molar-refractivity contribution is 1.29. The van der Waals surface area contributed by atoms with Gasteiger partial charge >= 0.3 is 0 Å². The maximum absolute atomic E-state index is 4.10. The van der Waals surface area contributed by atoms with E-state index in [0.29, 0.717) is 0 Å². The molecule has 0 unspecified atom stereocenters. The molecular formula is C48H33N3. The van der Waals surface area contributed by atoms with E-state index in [0.717, 1.165) is 22.5 Å². The molecule has 0 saturated heterocycles. The second-order valence-electron chi connectivity index (χ2n) is 13.1. The van der Waals surface area contributed by atoms with Crippen molar-refractivity contribution in [2.75, 3.05) is 5.32 Å². The Labute approximate surface area is 295 Å². The molecule has 3 heterocycles. The van der Waals surface area contributed by atoms with Gasteiger partial charge in [0, 0.05) is 49.9 Å². The lowest BCUT2D eigenvalue weighted by Crippen LogP contribution is -1.91. The highest BCUT2D eigenvalue weighted by Gasteiger charge is 2.17. The lowest BCUT2D eigenvalue weighted by Gasteiger charge is -2.10. The molecule has 0 radical (unpaired) electrons. The topological polar surface area (TPSA) is 21.4 Å². The molecule has 0 fully saturated rings. The molecular weight excluding hydrogens is 619 g/mol. The average molecular weight is 652 g/mol. The van der Waals surface area contributed by atoms with E-state index in [1.165, 1.54) is 71.0 Å². The molecule has 0 aliphatic heterocycles. The fourth-order valence-corrected chi connectivity index (χ4v) is 7.90. The number of anilines is 2. The van der Waals surface area contributed by atoms with Crippen LogP contribution < -0.4 is 5.32 Å². The standard InChI is InChI=1S/C48H33N3/c1-2-32(11-10-30-50-44-17-6-3-12-38(44)39-13-4-7-18-45(39)50)33-20-25-36(26-21-33)49-37-27-22-34(23-28-37)35-24-29-47-43(31-35)42-16-9-15-41-40-14-5-8-19-46(40)51(47)48(41)42/h2-31,49H,1H2. The van der Waals surface area contributed by atoms with Crippen LogP contribution in [0.5, 0.6) is 0 Å². The number of para-hydroxylation sites is 4. The number of hydrogen-bond acceptors (Lipinski definition) is 1. The number of hydrogen-bond donors (Lipinski definition) is 1. The van der Waals surface area contributed by atoms with Gasteiger partial charge in [-0.1, -0.05) is 122 Å². The first kappa shape index (κ1) is 29.1. The SMILES string of the molecule is C=CC(=CC=Cn1c2ccccc2c2ccccc21)c1ccc(Nc2ccc(-c3ccc4c(c3)c3cccc5c6ccccc6n4c53)cc2)cc1. The lowest BCUT2D eigenvalue weighted by atomic mass is 10.0. The number of nitrogens with one attached hydrogen (secondary N) is 1. The molecule has 10 rings (SSSR count). The van der Waals surface area contributed by atoms with Gasteiger partial charge in [0.05, 0.1) is 27.6 Å². The van der Waals surface area contributed by atoms with E-state index >= 15 is 0 Å². The summed E-state index contributed by atoms with van der Waals surface area (Å²) in [6.07, 6.45) is 8.27. The molecule has 1 N–H and O–H groups in total. The summed E-state index contributed by atoms with van der Waals surface area (Å²) in [7, 11) is 0. The van der Waals surface area contributed by atoms with E-state index in [4.69, 9.17) is 0 Å². The summed E-state index contributed by atoms with van der Waals surface area (Å²) in [6.45, 7) is 4.10. The van der Waals surface area contributed by atoms with Crippen molar-refractivity contribution in [3.63, 3.8) is 0 Å². The Bertz CT molecular complexity index is 2930. The van der Waals surface area contributed by atoms with E-state index in [1.54, 1.807) is 0 Å². The molecule has 0 amide bonds. The average Bonchev–Trinajstić information content (AvgIpc) is 3.82. The highest BCUT2D eigenvalue weighted by Crippen LogP contribution is 2.40. The van der Waals surface area contributed by atoms with Gasteiger partial charge in [0.1, 0.15) is 0 Å². The summed E-state index contributed by atoms with van der Waals surface area (Å²) in [4.78, 5) is 0. The van der Waals surface area contributed by atoms with Crippen LogP contribution in [0.3, 0.4) is 0 Å². The van der Waals surface area contributed by atoms with Gasteiger partial charge in [0.25, 0.3) is 0 Å². The fourth-order valence-electron chi connectivity index (χ4n) is 7.90. The Hall–Kier alpha value is -6.84. The number of allylic oxidation sites excluding steroid dienone is 4. The number of nitrogens with zero attached hydrogens (tertiary/aromatic N) is 2. The van der Waals surface area contributed by atoms with Crippen LogP contribution >= 0.6 is 0 Å². The van der Waals surface area contributed by atoms with Crippen molar-refractivity contribution in [1.29, 1.82) is 0 Å². The highest BCUT2D eigenvalue weighted by molar-refractivity contribution is 6.23. The van der Waals surface area contributed by atoms with Gasteiger partial charge in [-0.25, -0.2) is 0 Å². The minimum Gasteiger partial charge on any atom is -0.356 e. The van der Waals surface area contributed by atoms with Gasteiger partial charge in [-0.05, 0) is 82.9 Å². The maximum Gasteiger partial charge on any atom is 0.0620 e. The van der Waals surface area contributed by atoms with Crippen LogP contribution in [0, 0.1) is 0 Å². The summed E-state index contributed by atoms with van der Waals surface area (Å²) in [6, 6.07) is 56.6. The minimum absolute atomic E-state index is 1.04. The van der Waals surface area contributed by atoms with Crippen molar-refractivity contribution in [3.05, 3.63) is 188 Å². The van der Waals surface area contributed by atoms with Gasteiger partial charge < -0.3 is 14.3 Å². The molecule has 10 aromatic rings. The largest absolute Gasteiger partial charge is 0.356 e. The number of benzene rings is 7. The third-order valence-electron chi connectivity index (χ3n) is 10.3. The quantitative estimate of drug-likeness (QED) is 0.170. The van der Waals surface area contributed by atoms with E-state index < -0.39 is 0 Å². The highest BCUT2D eigenvalue weighted by atomic mass is 15.0. The number of fused-ring (bicyclic) bond motifs is 9. The van der Waals surface area contributed by atoms with Gasteiger partial charge in [-0.3, -0.25) is 0 Å². The molecule has 3 aromatic heterocycles. The maximum atomic E-state index is 4.10. The molecule has 0 aliphatic rings. The molecule has 240 valence electrons. The normalized spacial score (nSPS) is 12.4. The van der Waals surface area contributed by atoms with Crippen molar-refractivity contribution >= 4 is 83.0 Å². The third kappa shape index (κ3) is 4.67. The van der Waals surface area contributed by atoms with Crippen LogP contribution in [0.4, 0.5) is 11.4 Å². The van der Waals surface area contributed by atoms with E-state index in [2.05, 4.69) is 197 Å². The number of aromatic nitrogens is 2. The third-order valence-corrected chi connectivity index (χ3v) is 10.3. The van der Waals surface area contributed by atoms with Crippen LogP contribution in [0.25, 0.3) is 82.8 Å². The second kappa shape index (κ2) is 11.6. The first-order valence-electron chi connectivity index (χ1n) is 17.4. The van der Waals surface area contributed by atoms with Gasteiger partial charge in [-0.2, -0.15) is 0 Å². The van der Waals surface area contributed by atoms with Gasteiger partial charge in [-0.15, -0.1) is 0 Å². The smallest absolute Gasteiger partial charge is 0.0620 e. The van der Waals surface area contributed by atoms with Crippen LogP contribution in [-0.2, 0) is 0 Å². The fraction of sp³-hybridized carbons (Fsp3) is 0. The van der Waals surface area contributed by atoms with Crippen LogP contribution in [0.1, 0.15) is 5.56 Å². The summed E-state index contributed by atoms with van der Waals surface area (Å²) in [5.41, 5.74) is 12.9. The molecule has 3 heteroatoms. The Kier molecular flexibility index (Phi) is 6.65. The van der Waals surface area contributed by atoms with Crippen LogP contribution in [0.2, 0.25) is 0 Å². The Morgan fingerprint density at radius 2 is 1.02 bits per heavy atom. The summed E-state index contributed by atoms with van der Waals surface area (Å²) in [5, 5.41) is 11.3. The molecule has 0 aliphatic carbocycles. The summed E-state index contributed by atoms with van der Waals surface area (Å²) >= 11 is 0. The van der Waals surface area contributed by atoms with E-state index in [1.807, 2.05) is 6.08 Å². The molecule has 0 bridgehead atoms. The van der Waals surface area contributed by atoms with Gasteiger partial charge in [0.2, 0.25) is 0 Å². The van der Waals surface area contributed by atoms with Crippen LogP contribution in [-0.4, -0.2) is 8.97 Å². The van der Waals surface area contributed by atoms with E-state index in [-0.39, 0.29) is 0 Å². The predicted molar refractivity (Wildman–Crippen MR) is 219 cm³/mol. The van der Waals surface area contributed by atoms with Crippen molar-refractivity contribution in [2.24, 2.45) is 0 Å². The first-order valence-corrected chi connectivity index (χ1v) is 17.4. The first-order chi connectivity index (χ1) is 25.2. The molecule has 3 nitrogen and oxygen atoms in total. The Balaban J connectivity index is 0.885. The van der Waals surface area contributed by atoms with Crippen molar-refractivity contribution < 1.29 is 0 Å².